The van der Waals surface area contributed by atoms with E-state index in [2.05, 4.69) is 22.8 Å². The van der Waals surface area contributed by atoms with Crippen molar-refractivity contribution < 1.29 is 9.59 Å². The number of benzene rings is 2. The molecule has 1 aliphatic heterocycles. The molecule has 0 spiro atoms. The molecule has 0 saturated heterocycles. The molecule has 2 aromatic rings. The third-order valence-corrected chi connectivity index (χ3v) is 5.55. The van der Waals surface area contributed by atoms with Gasteiger partial charge >= 0.3 is 6.03 Å². The summed E-state index contributed by atoms with van der Waals surface area (Å²) >= 11 is 0. The summed E-state index contributed by atoms with van der Waals surface area (Å²) in [5, 5.41) is 5.94. The number of urea groups is 1. The second-order valence-corrected chi connectivity index (χ2v) is 7.49. The first-order valence-electron chi connectivity index (χ1n) is 9.70. The third kappa shape index (κ3) is 4.13. The Hall–Kier alpha value is -2.82. The molecule has 3 amide bonds. The minimum Gasteiger partial charge on any atom is -0.352 e. The zero-order valence-electron chi connectivity index (χ0n) is 15.4. The molecule has 0 atom stereocenters. The largest absolute Gasteiger partial charge is 0.352 e. The summed E-state index contributed by atoms with van der Waals surface area (Å²) in [7, 11) is 0. The summed E-state index contributed by atoms with van der Waals surface area (Å²) in [6, 6.07) is 15.1. The predicted molar refractivity (Wildman–Crippen MR) is 105 cm³/mol. The summed E-state index contributed by atoms with van der Waals surface area (Å²) in [6.45, 7) is 2.01. The number of carbonyl (C=O) groups is 2. The lowest BCUT2D eigenvalue weighted by Gasteiger charge is -2.16. The molecule has 2 aromatic carbocycles. The Labute approximate surface area is 159 Å². The molecule has 0 unspecified atom stereocenters. The molecule has 0 radical (unpaired) electrons. The Morgan fingerprint density at radius 1 is 0.926 bits per heavy atom. The average molecular weight is 363 g/mol. The second kappa shape index (κ2) is 7.82. The van der Waals surface area contributed by atoms with Gasteiger partial charge in [0.2, 0.25) is 0 Å². The number of nitrogens with zero attached hydrogens (tertiary/aromatic N) is 1. The molecular weight excluding hydrogens is 338 g/mol. The molecule has 5 heteroatoms. The SMILES string of the molecule is O=C(NCC1CCCC1)c1ccc(NC(=O)N2Cc3ccccc3C2)cc1. The standard InChI is InChI=1S/C22H25N3O2/c26-21(23-13-16-5-1-2-6-16)17-9-11-20(12-10-17)24-22(27)25-14-18-7-3-4-8-19(18)15-25/h3-4,7-12,16H,1-2,5-6,13-15H2,(H,23,26)(H,24,27). The van der Waals surface area contributed by atoms with Crippen molar-refractivity contribution in [1.82, 2.24) is 10.2 Å². The van der Waals surface area contributed by atoms with Crippen molar-refractivity contribution in [2.45, 2.75) is 38.8 Å². The minimum absolute atomic E-state index is 0.0465. The lowest BCUT2D eigenvalue weighted by Crippen LogP contribution is -2.30. The number of amides is 3. The number of rotatable bonds is 4. The fraction of sp³-hybridized carbons (Fsp3) is 0.364. The topological polar surface area (TPSA) is 61.4 Å². The third-order valence-electron chi connectivity index (χ3n) is 5.55. The van der Waals surface area contributed by atoms with Gasteiger partial charge in [-0.05, 0) is 54.2 Å². The molecular formula is C22H25N3O2. The van der Waals surface area contributed by atoms with Crippen LogP contribution in [-0.2, 0) is 13.1 Å². The molecule has 0 aromatic heterocycles. The van der Waals surface area contributed by atoms with Crippen LogP contribution in [0.4, 0.5) is 10.5 Å². The summed E-state index contributed by atoms with van der Waals surface area (Å²) in [4.78, 5) is 26.5. The zero-order valence-corrected chi connectivity index (χ0v) is 15.4. The van der Waals surface area contributed by atoms with Gasteiger partial charge in [-0.2, -0.15) is 0 Å². The van der Waals surface area contributed by atoms with E-state index in [9.17, 15) is 9.59 Å². The van der Waals surface area contributed by atoms with E-state index in [1.54, 1.807) is 29.2 Å². The number of anilines is 1. The first kappa shape index (κ1) is 17.6. The Morgan fingerprint density at radius 3 is 2.19 bits per heavy atom. The maximum atomic E-state index is 12.5. The van der Waals surface area contributed by atoms with Crippen molar-refractivity contribution in [2.24, 2.45) is 5.92 Å². The fourth-order valence-corrected chi connectivity index (χ4v) is 3.94. The molecule has 1 fully saturated rings. The maximum absolute atomic E-state index is 12.5. The van der Waals surface area contributed by atoms with Crippen molar-refractivity contribution in [2.75, 3.05) is 11.9 Å². The molecule has 4 rings (SSSR count). The van der Waals surface area contributed by atoms with Gasteiger partial charge in [-0.25, -0.2) is 4.79 Å². The summed E-state index contributed by atoms with van der Waals surface area (Å²) in [5.74, 6) is 0.576. The number of fused-ring (bicyclic) bond motifs is 1. The second-order valence-electron chi connectivity index (χ2n) is 7.49. The van der Waals surface area contributed by atoms with E-state index in [1.165, 1.54) is 36.8 Å². The molecule has 5 nitrogen and oxygen atoms in total. The van der Waals surface area contributed by atoms with Crippen LogP contribution in [0.25, 0.3) is 0 Å². The Bertz CT molecular complexity index is 801. The Balaban J connectivity index is 1.30. The van der Waals surface area contributed by atoms with Crippen LogP contribution in [0.1, 0.15) is 47.2 Å². The van der Waals surface area contributed by atoms with Crippen LogP contribution in [0.3, 0.4) is 0 Å². The Kier molecular flexibility index (Phi) is 5.10. The first-order chi connectivity index (χ1) is 13.2. The maximum Gasteiger partial charge on any atom is 0.322 e. The quantitative estimate of drug-likeness (QED) is 0.857. The average Bonchev–Trinajstić information content (AvgIpc) is 3.36. The molecule has 2 aliphatic rings. The van der Waals surface area contributed by atoms with E-state index in [0.29, 0.717) is 30.3 Å². The van der Waals surface area contributed by atoms with Crippen LogP contribution in [0, 0.1) is 5.92 Å². The van der Waals surface area contributed by atoms with E-state index >= 15 is 0 Å². The molecule has 140 valence electrons. The number of hydrogen-bond donors (Lipinski definition) is 2. The normalized spacial score (nSPS) is 16.2. The van der Waals surface area contributed by atoms with Crippen LogP contribution >= 0.6 is 0 Å². The van der Waals surface area contributed by atoms with Gasteiger partial charge in [0.1, 0.15) is 0 Å². The van der Waals surface area contributed by atoms with Gasteiger partial charge < -0.3 is 15.5 Å². The lowest BCUT2D eigenvalue weighted by molar-refractivity contribution is 0.0947. The first-order valence-corrected chi connectivity index (χ1v) is 9.70. The van der Waals surface area contributed by atoms with Gasteiger partial charge in [0.25, 0.3) is 5.91 Å². The van der Waals surface area contributed by atoms with E-state index in [-0.39, 0.29) is 11.9 Å². The van der Waals surface area contributed by atoms with Crippen LogP contribution in [0.2, 0.25) is 0 Å². The van der Waals surface area contributed by atoms with Crippen LogP contribution in [0.15, 0.2) is 48.5 Å². The Morgan fingerprint density at radius 2 is 1.56 bits per heavy atom. The van der Waals surface area contributed by atoms with Gasteiger partial charge in [0.05, 0.1) is 0 Å². The van der Waals surface area contributed by atoms with Crippen LogP contribution in [0.5, 0.6) is 0 Å². The van der Waals surface area contributed by atoms with E-state index in [1.807, 2.05) is 12.1 Å². The molecule has 2 N–H and O–H groups in total. The van der Waals surface area contributed by atoms with Gasteiger partial charge in [0.15, 0.2) is 0 Å². The number of carbonyl (C=O) groups excluding carboxylic acids is 2. The van der Waals surface area contributed by atoms with Crippen LogP contribution in [-0.4, -0.2) is 23.4 Å². The minimum atomic E-state index is -0.121. The van der Waals surface area contributed by atoms with Gasteiger partial charge in [0, 0.05) is 30.9 Å². The predicted octanol–water partition coefficient (Wildman–Crippen LogP) is 4.15. The highest BCUT2D eigenvalue weighted by atomic mass is 16.2. The van der Waals surface area contributed by atoms with Crippen molar-refractivity contribution in [3.63, 3.8) is 0 Å². The van der Waals surface area contributed by atoms with Gasteiger partial charge in [-0.1, -0.05) is 37.1 Å². The highest BCUT2D eigenvalue weighted by molar-refractivity contribution is 5.95. The smallest absolute Gasteiger partial charge is 0.322 e. The highest BCUT2D eigenvalue weighted by Crippen LogP contribution is 2.24. The molecule has 1 aliphatic carbocycles. The van der Waals surface area contributed by atoms with Gasteiger partial charge in [-0.15, -0.1) is 0 Å². The number of nitrogens with one attached hydrogen (secondary N) is 2. The fourth-order valence-electron chi connectivity index (χ4n) is 3.94. The summed E-state index contributed by atoms with van der Waals surface area (Å²) in [5.41, 5.74) is 3.71. The van der Waals surface area contributed by atoms with Gasteiger partial charge in [-0.3, -0.25) is 4.79 Å². The van der Waals surface area contributed by atoms with E-state index < -0.39 is 0 Å². The molecule has 1 heterocycles. The lowest BCUT2D eigenvalue weighted by atomic mass is 10.1. The summed E-state index contributed by atoms with van der Waals surface area (Å²) in [6.07, 6.45) is 4.98. The van der Waals surface area contributed by atoms with Crippen molar-refractivity contribution in [1.29, 1.82) is 0 Å². The van der Waals surface area contributed by atoms with Crippen LogP contribution < -0.4 is 10.6 Å². The van der Waals surface area contributed by atoms with E-state index in [4.69, 9.17) is 0 Å². The highest BCUT2D eigenvalue weighted by Gasteiger charge is 2.23. The van der Waals surface area contributed by atoms with Crippen molar-refractivity contribution in [3.05, 3.63) is 65.2 Å². The van der Waals surface area contributed by atoms with E-state index in [0.717, 1.165) is 6.54 Å². The molecule has 0 bridgehead atoms. The summed E-state index contributed by atoms with van der Waals surface area (Å²) < 4.78 is 0. The molecule has 27 heavy (non-hydrogen) atoms. The van der Waals surface area contributed by atoms with Crippen molar-refractivity contribution >= 4 is 17.6 Å². The monoisotopic (exact) mass is 363 g/mol. The molecule has 1 saturated carbocycles. The zero-order chi connectivity index (χ0) is 18.6. The van der Waals surface area contributed by atoms with Crippen molar-refractivity contribution in [3.8, 4) is 0 Å². The number of hydrogen-bond acceptors (Lipinski definition) is 2.